The zero-order valence-corrected chi connectivity index (χ0v) is 12.2. The zero-order valence-electron chi connectivity index (χ0n) is 11.4. The van der Waals surface area contributed by atoms with Crippen LogP contribution in [0.5, 0.6) is 0 Å². The van der Waals surface area contributed by atoms with E-state index in [4.69, 9.17) is 4.42 Å². The van der Waals surface area contributed by atoms with Gasteiger partial charge >= 0.3 is 0 Å². The summed E-state index contributed by atoms with van der Waals surface area (Å²) >= 11 is 0. The summed E-state index contributed by atoms with van der Waals surface area (Å²) < 4.78 is 33.1. The molecule has 1 atom stereocenters. The first kappa shape index (κ1) is 15.9. The van der Waals surface area contributed by atoms with Gasteiger partial charge in [0.25, 0.3) is 0 Å². The molecule has 0 spiro atoms. The van der Waals surface area contributed by atoms with E-state index < -0.39 is 11.6 Å². The number of halogens is 3. The van der Waals surface area contributed by atoms with Crippen LogP contribution >= 0.6 is 12.4 Å². The number of hydrogen-bond donors (Lipinski definition) is 1. The van der Waals surface area contributed by atoms with Crippen LogP contribution in [-0.2, 0) is 0 Å². The van der Waals surface area contributed by atoms with Crippen molar-refractivity contribution in [3.05, 3.63) is 59.6 Å². The Morgan fingerprint density at radius 3 is 2.52 bits per heavy atom. The summed E-state index contributed by atoms with van der Waals surface area (Å²) in [5.74, 6) is -0.988. The quantitative estimate of drug-likeness (QED) is 0.944. The lowest BCUT2D eigenvalue weighted by Gasteiger charge is -2.34. The maximum absolute atomic E-state index is 14.1. The van der Waals surface area contributed by atoms with Gasteiger partial charge in [-0.1, -0.05) is 12.1 Å². The van der Waals surface area contributed by atoms with E-state index in [1.54, 1.807) is 24.5 Å². The number of furan rings is 1. The van der Waals surface area contributed by atoms with Crippen LogP contribution in [0.4, 0.5) is 8.78 Å². The molecule has 2 heterocycles. The molecule has 1 aromatic carbocycles. The van der Waals surface area contributed by atoms with E-state index in [-0.39, 0.29) is 18.4 Å². The number of nitrogens with one attached hydrogen (secondary N) is 1. The van der Waals surface area contributed by atoms with Crippen LogP contribution in [-0.4, -0.2) is 31.1 Å². The maximum atomic E-state index is 14.1. The van der Waals surface area contributed by atoms with Gasteiger partial charge in [0.05, 0.1) is 12.3 Å². The molecule has 0 bridgehead atoms. The Morgan fingerprint density at radius 2 is 1.86 bits per heavy atom. The topological polar surface area (TPSA) is 28.4 Å². The van der Waals surface area contributed by atoms with E-state index in [0.717, 1.165) is 32.2 Å². The molecule has 21 heavy (non-hydrogen) atoms. The number of benzene rings is 1. The lowest BCUT2D eigenvalue weighted by atomic mass is 10.0. The van der Waals surface area contributed by atoms with Crippen LogP contribution in [0.2, 0.25) is 0 Å². The summed E-state index contributed by atoms with van der Waals surface area (Å²) in [6, 6.07) is 7.47. The van der Waals surface area contributed by atoms with Crippen LogP contribution in [0.25, 0.3) is 0 Å². The molecule has 1 saturated heterocycles. The summed E-state index contributed by atoms with van der Waals surface area (Å²) in [6.45, 7) is 3.19. The van der Waals surface area contributed by atoms with Crippen molar-refractivity contribution in [3.8, 4) is 0 Å². The predicted molar refractivity (Wildman–Crippen MR) is 78.6 cm³/mol. The summed E-state index contributed by atoms with van der Waals surface area (Å²) in [6.07, 6.45) is 1.56. The average Bonchev–Trinajstić information content (AvgIpc) is 2.99. The number of rotatable bonds is 3. The van der Waals surface area contributed by atoms with Gasteiger partial charge in [0.2, 0.25) is 0 Å². The SMILES string of the molecule is Cl.Fc1cccc([C@H](c2ccco2)N2CCNCC2)c1F. The van der Waals surface area contributed by atoms with Crippen molar-refractivity contribution < 1.29 is 13.2 Å². The fourth-order valence-electron chi connectivity index (χ4n) is 2.65. The van der Waals surface area contributed by atoms with Crippen LogP contribution in [0, 0.1) is 11.6 Å². The van der Waals surface area contributed by atoms with Crippen LogP contribution in [0.3, 0.4) is 0 Å². The molecule has 0 saturated carbocycles. The smallest absolute Gasteiger partial charge is 0.164 e. The Kier molecular flexibility index (Phi) is 5.33. The van der Waals surface area contributed by atoms with Gasteiger partial charge in [0.1, 0.15) is 5.76 Å². The molecule has 3 rings (SSSR count). The molecule has 0 radical (unpaired) electrons. The van der Waals surface area contributed by atoms with Crippen molar-refractivity contribution >= 4 is 12.4 Å². The third-order valence-corrected chi connectivity index (χ3v) is 3.61. The summed E-state index contributed by atoms with van der Waals surface area (Å²) in [5.41, 5.74) is 0.321. The third kappa shape index (κ3) is 3.26. The zero-order chi connectivity index (χ0) is 13.9. The molecule has 114 valence electrons. The van der Waals surface area contributed by atoms with E-state index in [1.807, 2.05) is 0 Å². The van der Waals surface area contributed by atoms with Gasteiger partial charge in [-0.15, -0.1) is 12.4 Å². The van der Waals surface area contributed by atoms with Crippen molar-refractivity contribution in [1.82, 2.24) is 10.2 Å². The normalized spacial score (nSPS) is 17.2. The van der Waals surface area contributed by atoms with Crippen molar-refractivity contribution in [1.29, 1.82) is 0 Å². The highest BCUT2D eigenvalue weighted by Crippen LogP contribution is 2.31. The second-order valence-corrected chi connectivity index (χ2v) is 4.85. The highest BCUT2D eigenvalue weighted by Gasteiger charge is 2.29. The summed E-state index contributed by atoms with van der Waals surface area (Å²) in [4.78, 5) is 2.10. The molecule has 3 nitrogen and oxygen atoms in total. The maximum Gasteiger partial charge on any atom is 0.164 e. The first-order valence-electron chi connectivity index (χ1n) is 6.69. The molecule has 1 N–H and O–H groups in total. The number of piperazine rings is 1. The Balaban J connectivity index is 0.00000161. The lowest BCUT2D eigenvalue weighted by molar-refractivity contribution is 0.176. The van der Waals surface area contributed by atoms with Gasteiger partial charge in [-0.3, -0.25) is 4.90 Å². The van der Waals surface area contributed by atoms with Crippen molar-refractivity contribution in [2.24, 2.45) is 0 Å². The first-order valence-corrected chi connectivity index (χ1v) is 6.69. The van der Waals surface area contributed by atoms with E-state index in [9.17, 15) is 8.78 Å². The van der Waals surface area contributed by atoms with E-state index in [2.05, 4.69) is 10.2 Å². The molecule has 0 amide bonds. The second kappa shape index (κ2) is 7.02. The van der Waals surface area contributed by atoms with Gasteiger partial charge in [-0.2, -0.15) is 0 Å². The third-order valence-electron chi connectivity index (χ3n) is 3.61. The average molecular weight is 315 g/mol. The highest BCUT2D eigenvalue weighted by molar-refractivity contribution is 5.85. The number of hydrogen-bond acceptors (Lipinski definition) is 3. The fraction of sp³-hybridized carbons (Fsp3) is 0.333. The monoisotopic (exact) mass is 314 g/mol. The van der Waals surface area contributed by atoms with Gasteiger partial charge in [0.15, 0.2) is 11.6 Å². The van der Waals surface area contributed by atoms with Gasteiger partial charge in [0, 0.05) is 31.7 Å². The molecule has 6 heteroatoms. The molecule has 1 aliphatic rings. The summed E-state index contributed by atoms with van der Waals surface area (Å²) in [5, 5.41) is 3.25. The molecule has 0 unspecified atom stereocenters. The number of nitrogens with zero attached hydrogens (tertiary/aromatic N) is 1. The van der Waals surface area contributed by atoms with E-state index in [0.29, 0.717) is 11.3 Å². The van der Waals surface area contributed by atoms with Crippen LogP contribution in [0.1, 0.15) is 17.4 Å². The molecular weight excluding hydrogens is 298 g/mol. The molecule has 1 fully saturated rings. The van der Waals surface area contributed by atoms with E-state index in [1.165, 1.54) is 6.07 Å². The van der Waals surface area contributed by atoms with Crippen LogP contribution in [0.15, 0.2) is 41.0 Å². The lowest BCUT2D eigenvalue weighted by Crippen LogP contribution is -2.45. The predicted octanol–water partition coefficient (Wildman–Crippen LogP) is 2.97. The van der Waals surface area contributed by atoms with Crippen molar-refractivity contribution in [2.45, 2.75) is 6.04 Å². The van der Waals surface area contributed by atoms with E-state index >= 15 is 0 Å². The molecule has 2 aromatic rings. The Bertz CT molecular complexity index is 571. The van der Waals surface area contributed by atoms with Gasteiger partial charge < -0.3 is 9.73 Å². The Morgan fingerprint density at radius 1 is 1.10 bits per heavy atom. The minimum atomic E-state index is -0.825. The molecular formula is C15H17ClF2N2O. The molecule has 0 aliphatic carbocycles. The minimum Gasteiger partial charge on any atom is -0.467 e. The summed E-state index contributed by atoms with van der Waals surface area (Å²) in [7, 11) is 0. The second-order valence-electron chi connectivity index (χ2n) is 4.85. The highest BCUT2D eigenvalue weighted by atomic mass is 35.5. The van der Waals surface area contributed by atoms with Gasteiger partial charge in [-0.25, -0.2) is 8.78 Å². The van der Waals surface area contributed by atoms with Crippen molar-refractivity contribution in [2.75, 3.05) is 26.2 Å². The van der Waals surface area contributed by atoms with Crippen molar-refractivity contribution in [3.63, 3.8) is 0 Å². The first-order chi connectivity index (χ1) is 9.77. The minimum absolute atomic E-state index is 0. The van der Waals surface area contributed by atoms with Crippen LogP contribution < -0.4 is 5.32 Å². The molecule has 1 aromatic heterocycles. The van der Waals surface area contributed by atoms with Gasteiger partial charge in [-0.05, 0) is 18.2 Å². The molecule has 1 aliphatic heterocycles. The fourth-order valence-corrected chi connectivity index (χ4v) is 2.65. The Labute approximate surface area is 128 Å². The standard InChI is InChI=1S/C15H16F2N2O.ClH/c16-12-4-1-3-11(14(12)17)15(13-5-2-10-20-13)19-8-6-18-7-9-19;/h1-5,10,15,18H,6-9H2;1H/t15-;/m1./s1. The Hall–Kier alpha value is -1.43. The largest absolute Gasteiger partial charge is 0.467 e.